The average molecular weight is 471 g/mol. The molecule has 2 unspecified atom stereocenters. The number of hydrogen-bond acceptors (Lipinski definition) is 6. The number of carboxylic acids is 3. The minimum Gasteiger partial charge on any atom is -0.481 e. The first kappa shape index (κ1) is 26.6. The van der Waals surface area contributed by atoms with Crippen LogP contribution in [-0.2, 0) is 14.4 Å². The number of hydrogen-bond donors (Lipinski definition) is 8. The Labute approximate surface area is 189 Å². The van der Waals surface area contributed by atoms with Gasteiger partial charge in [0.05, 0.1) is 0 Å². The molecule has 1 rings (SSSR count). The lowest BCUT2D eigenvalue weighted by atomic mass is 10.1. The molecule has 0 bridgehead atoms. The molecule has 0 saturated carbocycles. The Kier molecular flexibility index (Phi) is 11.4. The van der Waals surface area contributed by atoms with E-state index in [0.29, 0.717) is 18.5 Å². The van der Waals surface area contributed by atoms with E-state index in [9.17, 15) is 29.1 Å². The summed E-state index contributed by atoms with van der Waals surface area (Å²) in [5.74, 6) is -3.96. The third-order valence-electron chi connectivity index (χ3n) is 4.18. The molecular weight excluding hydrogens is 444 g/mol. The molecule has 0 saturated heterocycles. The summed E-state index contributed by atoms with van der Waals surface area (Å²) in [5, 5.41) is 36.4. The second-order valence-electron chi connectivity index (χ2n) is 6.76. The summed E-state index contributed by atoms with van der Waals surface area (Å²) in [6.45, 7) is 0.269. The van der Waals surface area contributed by atoms with E-state index in [-0.39, 0.29) is 19.4 Å². The predicted octanol–water partition coefficient (Wildman–Crippen LogP) is 1.34. The molecule has 176 valence electrons. The second kappa shape index (κ2) is 13.7. The molecule has 0 spiro atoms. The van der Waals surface area contributed by atoms with Crippen LogP contribution in [-0.4, -0.2) is 63.9 Å². The van der Waals surface area contributed by atoms with Gasteiger partial charge in [-0.15, -0.1) is 12.6 Å². The highest BCUT2D eigenvalue weighted by Crippen LogP contribution is 2.11. The Balaban J connectivity index is 2.36. The van der Waals surface area contributed by atoms with E-state index in [1.165, 1.54) is 0 Å². The first-order valence-corrected chi connectivity index (χ1v) is 10.1. The summed E-state index contributed by atoms with van der Waals surface area (Å²) in [5.41, 5.74) is 0.587. The van der Waals surface area contributed by atoms with Crippen molar-refractivity contribution < 1.29 is 39.3 Å². The van der Waals surface area contributed by atoms with Crippen LogP contribution in [0, 0.1) is 0 Å². The van der Waals surface area contributed by atoms with Crippen LogP contribution in [0.2, 0.25) is 0 Å². The molecule has 2 atom stereocenters. The zero-order chi connectivity index (χ0) is 24.1. The number of nitrogens with one attached hydrogen (secondary N) is 4. The van der Waals surface area contributed by atoms with Crippen LogP contribution < -0.4 is 21.3 Å². The Morgan fingerprint density at radius 1 is 0.812 bits per heavy atom. The standard InChI is InChI=1S/C19H26N4O8S/c24-15(25)9-8-14(17(28)29)23-19(31)22-13(16(26)27)3-1-2-10-20-18(30)21-11-4-6-12(32)7-5-11/h4-7,13-14,32H,1-3,8-10H2,(H,24,25)(H,26,27)(H,28,29)(H2,20,21,30)(H2,22,23,31). The highest BCUT2D eigenvalue weighted by molar-refractivity contribution is 7.80. The maximum absolute atomic E-state index is 11.9. The number of thiol groups is 1. The SMILES string of the molecule is O=C(O)CCC(NC(=O)NC(CCCCNC(=O)Nc1ccc(S)cc1)C(=O)O)C(=O)O. The van der Waals surface area contributed by atoms with Crippen molar-refractivity contribution in [3.8, 4) is 0 Å². The van der Waals surface area contributed by atoms with Crippen molar-refractivity contribution in [3.63, 3.8) is 0 Å². The topological polar surface area (TPSA) is 194 Å². The van der Waals surface area contributed by atoms with E-state index in [4.69, 9.17) is 10.2 Å². The van der Waals surface area contributed by atoms with Crippen LogP contribution in [0.15, 0.2) is 29.2 Å². The van der Waals surface area contributed by atoms with Gasteiger partial charge in [0, 0.05) is 23.5 Å². The number of carboxylic acid groups (broad SMARTS) is 3. The molecule has 0 heterocycles. The van der Waals surface area contributed by atoms with Crippen molar-refractivity contribution in [1.82, 2.24) is 16.0 Å². The summed E-state index contributed by atoms with van der Waals surface area (Å²) in [4.78, 5) is 57.5. The largest absolute Gasteiger partial charge is 0.481 e. The Morgan fingerprint density at radius 2 is 1.38 bits per heavy atom. The molecule has 0 aromatic heterocycles. The normalized spacial score (nSPS) is 12.2. The molecule has 13 heteroatoms. The smallest absolute Gasteiger partial charge is 0.326 e. The van der Waals surface area contributed by atoms with Crippen LogP contribution in [0.5, 0.6) is 0 Å². The molecule has 0 aliphatic carbocycles. The van der Waals surface area contributed by atoms with Gasteiger partial charge in [-0.05, 0) is 49.9 Å². The third kappa shape index (κ3) is 11.1. The molecule has 0 aliphatic heterocycles. The number of urea groups is 2. The van der Waals surface area contributed by atoms with E-state index >= 15 is 0 Å². The number of anilines is 1. The Morgan fingerprint density at radius 3 is 1.91 bits per heavy atom. The molecule has 1 aromatic carbocycles. The van der Waals surface area contributed by atoms with Crippen LogP contribution in [0.3, 0.4) is 0 Å². The van der Waals surface area contributed by atoms with Crippen molar-refractivity contribution in [3.05, 3.63) is 24.3 Å². The van der Waals surface area contributed by atoms with Gasteiger partial charge in [-0.25, -0.2) is 19.2 Å². The number of carbonyl (C=O) groups excluding carboxylic acids is 2. The molecule has 0 aliphatic rings. The molecule has 4 amide bonds. The van der Waals surface area contributed by atoms with E-state index in [2.05, 4.69) is 33.9 Å². The average Bonchev–Trinajstić information content (AvgIpc) is 2.71. The van der Waals surface area contributed by atoms with E-state index in [1.54, 1.807) is 24.3 Å². The zero-order valence-electron chi connectivity index (χ0n) is 17.0. The van der Waals surface area contributed by atoms with Crippen molar-refractivity contribution >= 4 is 48.3 Å². The summed E-state index contributed by atoms with van der Waals surface area (Å²) >= 11 is 4.15. The highest BCUT2D eigenvalue weighted by atomic mass is 32.1. The molecule has 12 nitrogen and oxygen atoms in total. The van der Waals surface area contributed by atoms with Crippen molar-refractivity contribution in [2.75, 3.05) is 11.9 Å². The minimum atomic E-state index is -1.47. The van der Waals surface area contributed by atoms with Gasteiger partial charge in [0.15, 0.2) is 0 Å². The van der Waals surface area contributed by atoms with Crippen molar-refractivity contribution in [2.45, 2.75) is 49.1 Å². The van der Waals surface area contributed by atoms with E-state index in [0.717, 1.165) is 4.90 Å². The number of benzene rings is 1. The maximum atomic E-state index is 11.9. The predicted molar refractivity (Wildman–Crippen MR) is 116 cm³/mol. The van der Waals surface area contributed by atoms with Gasteiger partial charge in [-0.2, -0.15) is 0 Å². The molecule has 1 aromatic rings. The fraction of sp³-hybridized carbons (Fsp3) is 0.421. The van der Waals surface area contributed by atoms with Gasteiger partial charge < -0.3 is 36.6 Å². The first-order chi connectivity index (χ1) is 15.1. The molecule has 7 N–H and O–H groups in total. The third-order valence-corrected chi connectivity index (χ3v) is 4.48. The summed E-state index contributed by atoms with van der Waals surface area (Å²) in [6, 6.07) is 2.62. The van der Waals surface area contributed by atoms with E-state index < -0.39 is 48.5 Å². The lowest BCUT2D eigenvalue weighted by Gasteiger charge is -2.18. The highest BCUT2D eigenvalue weighted by Gasteiger charge is 2.24. The minimum absolute atomic E-state index is 0.0440. The van der Waals surface area contributed by atoms with Gasteiger partial charge in [0.25, 0.3) is 0 Å². The Bertz CT molecular complexity index is 818. The van der Waals surface area contributed by atoms with Crippen LogP contribution in [0.4, 0.5) is 15.3 Å². The number of amides is 4. The zero-order valence-corrected chi connectivity index (χ0v) is 17.9. The second-order valence-corrected chi connectivity index (χ2v) is 7.27. The van der Waals surface area contributed by atoms with E-state index in [1.807, 2.05) is 0 Å². The van der Waals surface area contributed by atoms with Gasteiger partial charge in [-0.3, -0.25) is 4.79 Å². The number of aliphatic carboxylic acids is 3. The monoisotopic (exact) mass is 470 g/mol. The van der Waals surface area contributed by atoms with Gasteiger partial charge in [-0.1, -0.05) is 0 Å². The molecule has 0 radical (unpaired) electrons. The molecular formula is C19H26N4O8S. The fourth-order valence-electron chi connectivity index (χ4n) is 2.54. The Hall–Kier alpha value is -3.48. The molecule has 0 fully saturated rings. The van der Waals surface area contributed by atoms with Crippen molar-refractivity contribution in [1.29, 1.82) is 0 Å². The number of unbranched alkanes of at least 4 members (excludes halogenated alkanes) is 1. The first-order valence-electron chi connectivity index (χ1n) is 9.66. The summed E-state index contributed by atoms with van der Waals surface area (Å²) in [6.07, 6.45) is 0.0189. The van der Waals surface area contributed by atoms with Gasteiger partial charge in [0.2, 0.25) is 0 Å². The lowest BCUT2D eigenvalue weighted by molar-refractivity contribution is -0.140. The maximum Gasteiger partial charge on any atom is 0.326 e. The van der Waals surface area contributed by atoms with Gasteiger partial charge >= 0.3 is 30.0 Å². The quantitative estimate of drug-likeness (QED) is 0.156. The lowest BCUT2D eigenvalue weighted by Crippen LogP contribution is -2.51. The van der Waals surface area contributed by atoms with Crippen LogP contribution >= 0.6 is 12.6 Å². The molecule has 32 heavy (non-hydrogen) atoms. The van der Waals surface area contributed by atoms with Crippen LogP contribution in [0.25, 0.3) is 0 Å². The van der Waals surface area contributed by atoms with Crippen molar-refractivity contribution in [2.24, 2.45) is 0 Å². The summed E-state index contributed by atoms with van der Waals surface area (Å²) in [7, 11) is 0. The fourth-order valence-corrected chi connectivity index (χ4v) is 2.69. The number of rotatable bonds is 13. The van der Waals surface area contributed by atoms with Gasteiger partial charge in [0.1, 0.15) is 12.1 Å². The van der Waals surface area contributed by atoms with Crippen LogP contribution in [0.1, 0.15) is 32.1 Å². The number of carbonyl (C=O) groups is 5. The summed E-state index contributed by atoms with van der Waals surface area (Å²) < 4.78 is 0.